The van der Waals surface area contributed by atoms with E-state index in [4.69, 9.17) is 5.11 Å². The third kappa shape index (κ3) is 1.76. The van der Waals surface area contributed by atoms with Crippen molar-refractivity contribution in [3.05, 3.63) is 40.8 Å². The van der Waals surface area contributed by atoms with Crippen molar-refractivity contribution >= 4 is 16.9 Å². The number of nitrogens with zero attached hydrogens (tertiary/aromatic N) is 1. The van der Waals surface area contributed by atoms with Gasteiger partial charge in [-0.3, -0.25) is 5.10 Å². The summed E-state index contributed by atoms with van der Waals surface area (Å²) in [4.78, 5) is 14.1. The predicted molar refractivity (Wildman–Crippen MR) is 86.7 cm³/mol. The number of carboxylic acids is 1. The smallest absolute Gasteiger partial charge is 0.338 e. The molecule has 0 bridgehead atoms. The van der Waals surface area contributed by atoms with E-state index in [1.54, 1.807) is 13.0 Å². The Balaban J connectivity index is 1.60. The number of halogens is 3. The summed E-state index contributed by atoms with van der Waals surface area (Å²) in [6.07, 6.45) is 0.472. The number of carboxylic acid groups (broad SMARTS) is 1. The number of aromatic carboxylic acids is 1. The van der Waals surface area contributed by atoms with Crippen molar-refractivity contribution in [1.29, 1.82) is 0 Å². The number of benzene rings is 1. The Morgan fingerprint density at radius 2 is 2.12 bits per heavy atom. The molecule has 3 aromatic rings. The molecule has 2 aromatic heterocycles. The maximum Gasteiger partial charge on any atom is 0.338 e. The van der Waals surface area contributed by atoms with Gasteiger partial charge in [-0.15, -0.1) is 0 Å². The van der Waals surface area contributed by atoms with Gasteiger partial charge in [0.25, 0.3) is 5.92 Å². The van der Waals surface area contributed by atoms with Crippen LogP contribution in [0, 0.1) is 17.2 Å². The van der Waals surface area contributed by atoms with Gasteiger partial charge in [-0.2, -0.15) is 5.10 Å². The first-order chi connectivity index (χ1) is 12.2. The second-order valence-electron chi connectivity index (χ2n) is 7.41. The zero-order chi connectivity index (χ0) is 18.4. The van der Waals surface area contributed by atoms with Crippen LogP contribution in [0.5, 0.6) is 0 Å². The molecule has 1 aromatic carbocycles. The Morgan fingerprint density at radius 3 is 2.85 bits per heavy atom. The summed E-state index contributed by atoms with van der Waals surface area (Å²) in [5, 5.41) is 16.7. The van der Waals surface area contributed by atoms with E-state index in [0.717, 1.165) is 11.6 Å². The van der Waals surface area contributed by atoms with Gasteiger partial charge in [-0.25, -0.2) is 18.0 Å². The van der Waals surface area contributed by atoms with Crippen LogP contribution in [0.2, 0.25) is 0 Å². The molecule has 1 fully saturated rings. The van der Waals surface area contributed by atoms with Crippen molar-refractivity contribution in [3.63, 3.8) is 0 Å². The molecule has 0 aliphatic heterocycles. The fourth-order valence-electron chi connectivity index (χ4n) is 4.27. The van der Waals surface area contributed by atoms with Crippen molar-refractivity contribution < 1.29 is 23.1 Å². The number of rotatable bonds is 2. The molecule has 134 valence electrons. The van der Waals surface area contributed by atoms with Crippen LogP contribution in [-0.4, -0.2) is 32.2 Å². The molecule has 26 heavy (non-hydrogen) atoms. The molecule has 2 aliphatic rings. The van der Waals surface area contributed by atoms with Crippen LogP contribution in [0.4, 0.5) is 13.2 Å². The number of nitrogens with one attached hydrogen (secondary N) is 2. The monoisotopic (exact) mass is 361 g/mol. The summed E-state index contributed by atoms with van der Waals surface area (Å²) in [5.74, 6) is -5.55. The highest BCUT2D eigenvalue weighted by atomic mass is 19.3. The quantitative estimate of drug-likeness (QED) is 0.650. The first-order valence-electron chi connectivity index (χ1n) is 8.22. The van der Waals surface area contributed by atoms with Crippen molar-refractivity contribution in [3.8, 4) is 11.4 Å². The van der Waals surface area contributed by atoms with Gasteiger partial charge in [-0.1, -0.05) is 6.92 Å². The Labute approximate surface area is 145 Å². The normalized spacial score (nSPS) is 25.8. The fourth-order valence-corrected chi connectivity index (χ4v) is 4.27. The van der Waals surface area contributed by atoms with Crippen LogP contribution < -0.4 is 0 Å². The van der Waals surface area contributed by atoms with Gasteiger partial charge in [0, 0.05) is 39.9 Å². The summed E-state index contributed by atoms with van der Waals surface area (Å²) >= 11 is 0. The van der Waals surface area contributed by atoms with Crippen molar-refractivity contribution in [2.24, 2.45) is 11.3 Å². The van der Waals surface area contributed by atoms with Crippen LogP contribution in [0.1, 0.15) is 28.5 Å². The zero-order valence-electron chi connectivity index (χ0n) is 13.7. The minimum absolute atomic E-state index is 0.231. The molecule has 2 atom stereocenters. The maximum atomic E-state index is 14.1. The Bertz CT molecular complexity index is 1100. The van der Waals surface area contributed by atoms with E-state index < -0.39 is 34.6 Å². The molecule has 0 saturated heterocycles. The van der Waals surface area contributed by atoms with E-state index in [1.165, 1.54) is 6.07 Å². The topological polar surface area (TPSA) is 81.8 Å². The van der Waals surface area contributed by atoms with Crippen LogP contribution in [0.15, 0.2) is 18.2 Å². The summed E-state index contributed by atoms with van der Waals surface area (Å²) in [5.41, 5.74) is 1.53. The molecule has 3 N–H and O–H groups in total. The van der Waals surface area contributed by atoms with Crippen LogP contribution in [-0.2, 0) is 12.8 Å². The lowest BCUT2D eigenvalue weighted by atomic mass is 9.87. The average molecular weight is 361 g/mol. The number of hydrogen-bond donors (Lipinski definition) is 3. The molecule has 5 nitrogen and oxygen atoms in total. The number of carbonyl (C=O) groups is 1. The van der Waals surface area contributed by atoms with Gasteiger partial charge in [0.15, 0.2) is 0 Å². The van der Waals surface area contributed by atoms with Crippen molar-refractivity contribution in [2.45, 2.75) is 25.7 Å². The molecule has 0 unspecified atom stereocenters. The van der Waals surface area contributed by atoms with E-state index in [1.807, 2.05) is 0 Å². The third-order valence-electron chi connectivity index (χ3n) is 5.98. The van der Waals surface area contributed by atoms with Gasteiger partial charge in [0.05, 0.1) is 11.3 Å². The fraction of sp³-hybridized carbons (Fsp3) is 0.333. The zero-order valence-corrected chi connectivity index (χ0v) is 13.7. The lowest BCUT2D eigenvalue weighted by Crippen LogP contribution is -2.14. The standard InChI is InChI=1S/C18H14F3N3O2/c1-17-6-13-9(5-14(17)18(17,20)21)15(24-23-13)12-3-7-2-10(19)8(16(25)26)4-11(7)22-12/h2-4,14,22H,5-6H2,1H3,(H,23,24)(H,25,26)/t14-,17+/m0/s1. The summed E-state index contributed by atoms with van der Waals surface area (Å²) in [6, 6.07) is 4.02. The van der Waals surface area contributed by atoms with Gasteiger partial charge >= 0.3 is 5.97 Å². The van der Waals surface area contributed by atoms with E-state index in [9.17, 15) is 18.0 Å². The minimum atomic E-state index is -2.68. The summed E-state index contributed by atoms with van der Waals surface area (Å²) in [6.45, 7) is 1.60. The number of hydrogen-bond acceptors (Lipinski definition) is 2. The van der Waals surface area contributed by atoms with Crippen LogP contribution in [0.3, 0.4) is 0 Å². The lowest BCUT2D eigenvalue weighted by Gasteiger charge is -2.15. The Kier molecular flexibility index (Phi) is 2.67. The molecular weight excluding hydrogens is 347 g/mol. The van der Waals surface area contributed by atoms with Crippen LogP contribution in [0.25, 0.3) is 22.3 Å². The largest absolute Gasteiger partial charge is 0.478 e. The lowest BCUT2D eigenvalue weighted by molar-refractivity contribution is 0.0630. The molecule has 0 radical (unpaired) electrons. The van der Waals surface area contributed by atoms with E-state index in [-0.39, 0.29) is 12.8 Å². The number of H-pyrrole nitrogens is 2. The van der Waals surface area contributed by atoms with E-state index >= 15 is 0 Å². The third-order valence-corrected chi connectivity index (χ3v) is 5.98. The number of aromatic amines is 2. The molecule has 5 rings (SSSR count). The highest BCUT2D eigenvalue weighted by Crippen LogP contribution is 2.70. The van der Waals surface area contributed by atoms with Crippen LogP contribution >= 0.6 is 0 Å². The highest BCUT2D eigenvalue weighted by molar-refractivity contribution is 5.95. The molecule has 0 spiro atoms. The van der Waals surface area contributed by atoms with Gasteiger partial charge in [-0.05, 0) is 24.6 Å². The Morgan fingerprint density at radius 1 is 1.35 bits per heavy atom. The highest BCUT2D eigenvalue weighted by Gasteiger charge is 2.78. The number of aromatic nitrogens is 3. The molecule has 1 saturated carbocycles. The van der Waals surface area contributed by atoms with Crippen molar-refractivity contribution in [1.82, 2.24) is 15.2 Å². The first kappa shape index (κ1) is 15.5. The number of alkyl halides is 2. The van der Waals surface area contributed by atoms with E-state index in [2.05, 4.69) is 15.2 Å². The second-order valence-corrected chi connectivity index (χ2v) is 7.41. The van der Waals surface area contributed by atoms with Gasteiger partial charge < -0.3 is 10.1 Å². The molecule has 2 heterocycles. The molecule has 2 aliphatic carbocycles. The maximum absolute atomic E-state index is 14.1. The minimum Gasteiger partial charge on any atom is -0.478 e. The SMILES string of the molecule is C[C@@]12Cc3[nH]nc(-c4cc5cc(F)c(C(=O)O)cc5[nH]4)c3C[C@@H]1C2(F)F. The van der Waals surface area contributed by atoms with Crippen molar-refractivity contribution in [2.75, 3.05) is 0 Å². The average Bonchev–Trinajstić information content (AvgIpc) is 2.97. The van der Waals surface area contributed by atoms with E-state index in [0.29, 0.717) is 28.0 Å². The summed E-state index contributed by atoms with van der Waals surface area (Å²) < 4.78 is 42.0. The molecule has 0 amide bonds. The van der Waals surface area contributed by atoms with Gasteiger partial charge in [0.1, 0.15) is 11.5 Å². The summed E-state index contributed by atoms with van der Waals surface area (Å²) in [7, 11) is 0. The number of fused-ring (bicyclic) bond motifs is 3. The Hall–Kier alpha value is -2.77. The van der Waals surface area contributed by atoms with Gasteiger partial charge in [0.2, 0.25) is 0 Å². The molecular formula is C18H14F3N3O2. The second kappa shape index (κ2) is 4.49. The molecule has 8 heteroatoms. The predicted octanol–water partition coefficient (Wildman–Crippen LogP) is 3.77. The first-order valence-corrected chi connectivity index (χ1v) is 8.22.